The van der Waals surface area contributed by atoms with Gasteiger partial charge in [-0.2, -0.15) is 0 Å². The highest BCUT2D eigenvalue weighted by Crippen LogP contribution is 2.20. The molecular weight excluding hydrogens is 354 g/mol. The van der Waals surface area contributed by atoms with Crippen LogP contribution >= 0.6 is 15.9 Å². The molecule has 1 aromatic carbocycles. The normalized spacial score (nSPS) is 13.6. The average Bonchev–Trinajstić information content (AvgIpc) is 2.35. The minimum absolute atomic E-state index is 0.0967. The van der Waals surface area contributed by atoms with Crippen LogP contribution in [0.3, 0.4) is 0 Å². The summed E-state index contributed by atoms with van der Waals surface area (Å²) >= 11 is 3.34. The summed E-state index contributed by atoms with van der Waals surface area (Å²) in [5, 5.41) is 0. The highest BCUT2D eigenvalue weighted by molar-refractivity contribution is 9.10. The van der Waals surface area contributed by atoms with Crippen LogP contribution in [0.4, 0.5) is 0 Å². The molecule has 0 aliphatic carbocycles. The molecule has 1 unspecified atom stereocenters. The van der Waals surface area contributed by atoms with Gasteiger partial charge in [0.05, 0.1) is 11.0 Å². The topological polar surface area (TPSA) is 55.4 Å². The maximum Gasteiger partial charge on any atom is 0.240 e. The van der Waals surface area contributed by atoms with Crippen molar-refractivity contribution in [2.24, 2.45) is 5.92 Å². The molecule has 0 heterocycles. The molecule has 0 aliphatic heterocycles. The fourth-order valence-corrected chi connectivity index (χ4v) is 3.93. The highest BCUT2D eigenvalue weighted by Gasteiger charge is 2.19. The van der Waals surface area contributed by atoms with Crippen molar-refractivity contribution in [2.45, 2.75) is 45.1 Å². The molecule has 0 saturated heterocycles. The van der Waals surface area contributed by atoms with E-state index in [2.05, 4.69) is 34.5 Å². The van der Waals surface area contributed by atoms with E-state index in [0.717, 1.165) is 10.9 Å². The summed E-state index contributed by atoms with van der Waals surface area (Å²) in [6.07, 6.45) is 0.732. The fraction of sp³-hybridized carbons (Fsp3) is 0.600. The number of hydrogen-bond acceptors (Lipinski definition) is 3. The maximum absolute atomic E-state index is 12.4. The fourth-order valence-electron chi connectivity index (χ4n) is 2.17. The lowest BCUT2D eigenvalue weighted by molar-refractivity contribution is 0.0518. The molecule has 0 amide bonds. The lowest BCUT2D eigenvalue weighted by Crippen LogP contribution is -2.34. The Balaban J connectivity index is 2.79. The predicted octanol–water partition coefficient (Wildman–Crippen LogP) is 3.49. The first-order valence-electron chi connectivity index (χ1n) is 7.13. The van der Waals surface area contributed by atoms with Crippen molar-refractivity contribution in [3.63, 3.8) is 0 Å². The van der Waals surface area contributed by atoms with Crippen LogP contribution in [0.2, 0.25) is 0 Å². The minimum Gasteiger partial charge on any atom is -0.377 e. The zero-order valence-corrected chi connectivity index (χ0v) is 15.4. The van der Waals surface area contributed by atoms with Crippen molar-refractivity contribution in [2.75, 3.05) is 13.2 Å². The SMILES string of the molecule is CCOC(CNS(=O)(=O)c1ccc(Br)cc1C)CC(C)C. The molecule has 1 rings (SSSR count). The van der Waals surface area contributed by atoms with Gasteiger partial charge >= 0.3 is 0 Å². The van der Waals surface area contributed by atoms with Crippen molar-refractivity contribution >= 4 is 26.0 Å². The Morgan fingerprint density at radius 2 is 2.00 bits per heavy atom. The number of hydrogen-bond donors (Lipinski definition) is 1. The van der Waals surface area contributed by atoms with Crippen LogP contribution < -0.4 is 4.72 Å². The van der Waals surface area contributed by atoms with Crippen LogP contribution in [0.25, 0.3) is 0 Å². The highest BCUT2D eigenvalue weighted by atomic mass is 79.9. The summed E-state index contributed by atoms with van der Waals surface area (Å²) in [6.45, 7) is 8.77. The van der Waals surface area contributed by atoms with Crippen LogP contribution in [0.1, 0.15) is 32.8 Å². The number of halogens is 1. The van der Waals surface area contributed by atoms with Gasteiger partial charge in [0.15, 0.2) is 0 Å². The molecule has 0 radical (unpaired) electrons. The third-order valence-electron chi connectivity index (χ3n) is 3.06. The smallest absolute Gasteiger partial charge is 0.240 e. The van der Waals surface area contributed by atoms with Gasteiger partial charge in [-0.05, 0) is 49.9 Å². The average molecular weight is 378 g/mol. The molecule has 120 valence electrons. The van der Waals surface area contributed by atoms with Gasteiger partial charge in [-0.1, -0.05) is 29.8 Å². The van der Waals surface area contributed by atoms with Crippen molar-refractivity contribution in [3.05, 3.63) is 28.2 Å². The number of aryl methyl sites for hydroxylation is 1. The van der Waals surface area contributed by atoms with Gasteiger partial charge in [-0.25, -0.2) is 13.1 Å². The molecule has 4 nitrogen and oxygen atoms in total. The lowest BCUT2D eigenvalue weighted by Gasteiger charge is -2.20. The van der Waals surface area contributed by atoms with Gasteiger partial charge in [0.1, 0.15) is 0 Å². The summed E-state index contributed by atoms with van der Waals surface area (Å²) in [6, 6.07) is 5.14. The number of rotatable bonds is 8. The Labute approximate surface area is 136 Å². The van der Waals surface area contributed by atoms with Crippen LogP contribution in [0.15, 0.2) is 27.6 Å². The van der Waals surface area contributed by atoms with E-state index in [-0.39, 0.29) is 6.10 Å². The van der Waals surface area contributed by atoms with Gasteiger partial charge < -0.3 is 4.74 Å². The summed E-state index contributed by atoms with van der Waals surface area (Å²) < 4.78 is 33.9. The quantitative estimate of drug-likeness (QED) is 0.754. The Hall–Kier alpha value is -0.430. The second kappa shape index (κ2) is 8.27. The van der Waals surface area contributed by atoms with Crippen molar-refractivity contribution in [1.29, 1.82) is 0 Å². The van der Waals surface area contributed by atoms with Gasteiger partial charge in [0.25, 0.3) is 0 Å². The molecule has 0 spiro atoms. The Morgan fingerprint density at radius 3 is 2.52 bits per heavy atom. The van der Waals surface area contributed by atoms with Gasteiger partial charge in [-0.3, -0.25) is 0 Å². The first-order valence-corrected chi connectivity index (χ1v) is 9.41. The molecule has 0 aliphatic rings. The van der Waals surface area contributed by atoms with E-state index in [0.29, 0.717) is 29.5 Å². The maximum atomic E-state index is 12.4. The van der Waals surface area contributed by atoms with E-state index in [1.165, 1.54) is 0 Å². The minimum atomic E-state index is -3.51. The second-order valence-electron chi connectivity index (χ2n) is 5.47. The monoisotopic (exact) mass is 377 g/mol. The zero-order chi connectivity index (χ0) is 16.0. The summed E-state index contributed by atoms with van der Waals surface area (Å²) in [5.74, 6) is 0.459. The van der Waals surface area contributed by atoms with Crippen LogP contribution in [-0.2, 0) is 14.8 Å². The number of ether oxygens (including phenoxy) is 1. The van der Waals surface area contributed by atoms with Crippen molar-refractivity contribution in [1.82, 2.24) is 4.72 Å². The van der Waals surface area contributed by atoms with Crippen molar-refractivity contribution < 1.29 is 13.2 Å². The zero-order valence-electron chi connectivity index (χ0n) is 13.0. The molecule has 1 aromatic rings. The van der Waals surface area contributed by atoms with Crippen LogP contribution in [0, 0.1) is 12.8 Å². The van der Waals surface area contributed by atoms with Gasteiger partial charge in [-0.15, -0.1) is 0 Å². The standard InChI is InChI=1S/C15H24BrNO3S/c1-5-20-14(8-11(2)3)10-17-21(18,19)15-7-6-13(16)9-12(15)4/h6-7,9,11,14,17H,5,8,10H2,1-4H3. The molecule has 1 N–H and O–H groups in total. The molecule has 0 bridgehead atoms. The van der Waals surface area contributed by atoms with E-state index in [9.17, 15) is 8.42 Å². The Morgan fingerprint density at radius 1 is 1.33 bits per heavy atom. The van der Waals surface area contributed by atoms with E-state index in [1.807, 2.05) is 6.92 Å². The molecule has 1 atom stereocenters. The van der Waals surface area contributed by atoms with Crippen LogP contribution in [-0.4, -0.2) is 27.7 Å². The first-order chi connectivity index (χ1) is 9.76. The Kier molecular flexibility index (Phi) is 7.33. The molecular formula is C15H24BrNO3S. The summed E-state index contributed by atoms with van der Waals surface area (Å²) in [4.78, 5) is 0.311. The molecule has 6 heteroatoms. The second-order valence-corrected chi connectivity index (χ2v) is 8.12. The third-order valence-corrected chi connectivity index (χ3v) is 5.14. The number of nitrogens with one attached hydrogen (secondary N) is 1. The largest absolute Gasteiger partial charge is 0.377 e. The third kappa shape index (κ3) is 6.06. The predicted molar refractivity (Wildman–Crippen MR) is 88.9 cm³/mol. The van der Waals surface area contributed by atoms with Gasteiger partial charge in [0.2, 0.25) is 10.0 Å². The van der Waals surface area contributed by atoms with E-state index in [4.69, 9.17) is 4.74 Å². The summed E-state index contributed by atoms with van der Waals surface area (Å²) in [5.41, 5.74) is 0.716. The van der Waals surface area contributed by atoms with E-state index >= 15 is 0 Å². The lowest BCUT2D eigenvalue weighted by atomic mass is 10.1. The van der Waals surface area contributed by atoms with E-state index < -0.39 is 10.0 Å². The van der Waals surface area contributed by atoms with Crippen molar-refractivity contribution in [3.8, 4) is 0 Å². The molecule has 21 heavy (non-hydrogen) atoms. The molecule has 0 saturated carbocycles. The van der Waals surface area contributed by atoms with Crippen LogP contribution in [0.5, 0.6) is 0 Å². The van der Waals surface area contributed by atoms with E-state index in [1.54, 1.807) is 25.1 Å². The number of benzene rings is 1. The molecule has 0 aromatic heterocycles. The number of sulfonamides is 1. The summed E-state index contributed by atoms with van der Waals surface area (Å²) in [7, 11) is -3.51. The Bertz CT molecular complexity index is 558. The molecule has 0 fully saturated rings. The van der Waals surface area contributed by atoms with Gasteiger partial charge in [0, 0.05) is 17.6 Å². The first kappa shape index (κ1) is 18.6.